The Morgan fingerprint density at radius 1 is 0.735 bits per heavy atom. The van der Waals surface area contributed by atoms with Crippen molar-refractivity contribution in [3.8, 4) is 39.9 Å². The zero-order chi connectivity index (χ0) is 47.8. The van der Waals surface area contributed by atoms with Gasteiger partial charge in [-0.2, -0.15) is 0 Å². The molecule has 0 aliphatic carbocycles. The molecule has 352 valence electrons. The molecule has 1 atom stereocenters. The maximum absolute atomic E-state index is 13.9. The summed E-state index contributed by atoms with van der Waals surface area (Å²) >= 11 is 6.91. The van der Waals surface area contributed by atoms with Gasteiger partial charge in [-0.1, -0.05) is 103 Å². The fourth-order valence-corrected chi connectivity index (χ4v) is 8.30. The SMILES string of the molecule is CCOC(=O)COc1cc(OCc2cccc(-c3ccccc3)c2C)c(Cl)cc1CN1CCCCC1C(=O)NCc1ccc(COc2ccc(/C=C/C(=O)c3ccc(OC)cc3)cc2OC)cc1. The van der Waals surface area contributed by atoms with Crippen molar-refractivity contribution in [1.82, 2.24) is 10.2 Å². The number of esters is 1. The summed E-state index contributed by atoms with van der Waals surface area (Å²) in [6, 6.07) is 39.9. The number of carbonyl (C=O) groups excluding carboxylic acids is 3. The Balaban J connectivity index is 0.953. The smallest absolute Gasteiger partial charge is 0.344 e. The fraction of sp³-hybridized carbons (Fsp3) is 0.268. The number of hydrogen-bond acceptors (Lipinski definition) is 10. The van der Waals surface area contributed by atoms with Crippen LogP contribution < -0.4 is 29.0 Å². The second kappa shape index (κ2) is 24.1. The Morgan fingerprint density at radius 2 is 1.50 bits per heavy atom. The number of rotatable bonds is 21. The molecule has 1 aliphatic heterocycles. The Labute approximate surface area is 403 Å². The lowest BCUT2D eigenvalue weighted by Gasteiger charge is -2.35. The summed E-state index contributed by atoms with van der Waals surface area (Å²) in [6.07, 6.45) is 5.81. The normalized spacial score (nSPS) is 13.7. The minimum atomic E-state index is -0.489. The van der Waals surface area contributed by atoms with Crippen LogP contribution in [0.3, 0.4) is 0 Å². The van der Waals surface area contributed by atoms with E-state index in [2.05, 4.69) is 35.3 Å². The molecule has 0 saturated carbocycles. The predicted molar refractivity (Wildman–Crippen MR) is 265 cm³/mol. The highest BCUT2D eigenvalue weighted by molar-refractivity contribution is 6.32. The summed E-state index contributed by atoms with van der Waals surface area (Å²) in [6.45, 7) is 5.78. The van der Waals surface area contributed by atoms with Crippen LogP contribution in [0, 0.1) is 6.92 Å². The van der Waals surface area contributed by atoms with Crippen molar-refractivity contribution >= 4 is 35.3 Å². The standard InChI is InChI=1S/C56H57ClN2O9/c1-5-65-55(61)37-68-52-32-53(67-36-44-14-11-15-47(38(44)2)42-12-7-6-8-13-42)48(57)31-45(52)34-59-29-10-9-16-49(59)56(62)58-33-40-17-19-41(20-18-40)35-66-51-28-22-39(30-54(51)64-4)21-27-50(60)43-23-25-46(63-3)26-24-43/h6-8,11-15,17-28,30-32,49H,5,9-10,16,29,33-37H2,1-4H3,(H,58,62)/b27-21+. The molecule has 1 unspecified atom stereocenters. The highest BCUT2D eigenvalue weighted by Crippen LogP contribution is 2.36. The van der Waals surface area contributed by atoms with Crippen LogP contribution in [-0.2, 0) is 40.6 Å². The van der Waals surface area contributed by atoms with Gasteiger partial charge in [0.05, 0.1) is 31.9 Å². The molecule has 1 amide bonds. The van der Waals surface area contributed by atoms with E-state index in [1.165, 1.54) is 6.08 Å². The van der Waals surface area contributed by atoms with E-state index in [1.807, 2.05) is 72.8 Å². The van der Waals surface area contributed by atoms with Crippen LogP contribution in [0.15, 0.2) is 133 Å². The molecule has 11 nitrogen and oxygen atoms in total. The van der Waals surface area contributed by atoms with Crippen LogP contribution in [0.5, 0.6) is 28.7 Å². The van der Waals surface area contributed by atoms with E-state index in [4.69, 9.17) is 40.0 Å². The molecule has 0 aromatic heterocycles. The molecule has 12 heteroatoms. The number of likely N-dealkylation sites (tertiary alicyclic amines) is 1. The first-order valence-corrected chi connectivity index (χ1v) is 23.1. The Morgan fingerprint density at radius 3 is 2.25 bits per heavy atom. The van der Waals surface area contributed by atoms with E-state index >= 15 is 0 Å². The number of benzene rings is 6. The maximum atomic E-state index is 13.9. The van der Waals surface area contributed by atoms with Gasteiger partial charge in [0, 0.05) is 30.3 Å². The second-order valence-electron chi connectivity index (χ2n) is 16.4. The molecule has 68 heavy (non-hydrogen) atoms. The third kappa shape index (κ3) is 13.1. The minimum absolute atomic E-state index is 0.0688. The van der Waals surface area contributed by atoms with Crippen LogP contribution in [-0.4, -0.2) is 62.6 Å². The van der Waals surface area contributed by atoms with Crippen molar-refractivity contribution < 1.29 is 42.8 Å². The summed E-state index contributed by atoms with van der Waals surface area (Å²) < 4.78 is 34.5. The number of piperidine rings is 1. The van der Waals surface area contributed by atoms with Gasteiger partial charge >= 0.3 is 5.97 Å². The summed E-state index contributed by atoms with van der Waals surface area (Å²) in [5.41, 5.74) is 8.34. The first kappa shape index (κ1) is 48.8. The predicted octanol–water partition coefficient (Wildman–Crippen LogP) is 11.0. The number of carbonyl (C=O) groups is 3. The quantitative estimate of drug-likeness (QED) is 0.0424. The van der Waals surface area contributed by atoms with E-state index in [0.717, 1.165) is 57.3 Å². The second-order valence-corrected chi connectivity index (χ2v) is 16.8. The highest BCUT2D eigenvalue weighted by atomic mass is 35.5. The molecule has 1 heterocycles. The molecule has 7 rings (SSSR count). The molecule has 1 fully saturated rings. The molecule has 0 bridgehead atoms. The third-order valence-electron chi connectivity index (χ3n) is 11.8. The van der Waals surface area contributed by atoms with Gasteiger partial charge in [0.25, 0.3) is 0 Å². The average molecular weight is 938 g/mol. The molecule has 6 aromatic rings. The number of methoxy groups -OCH3 is 2. The van der Waals surface area contributed by atoms with Gasteiger partial charge in [0.1, 0.15) is 30.5 Å². The molecular formula is C56H57ClN2O9. The van der Waals surface area contributed by atoms with E-state index in [1.54, 1.807) is 63.6 Å². The van der Waals surface area contributed by atoms with Crippen LogP contribution in [0.1, 0.15) is 69.9 Å². The molecule has 1 N–H and O–H groups in total. The van der Waals surface area contributed by atoms with Crippen molar-refractivity contribution in [3.05, 3.63) is 177 Å². The van der Waals surface area contributed by atoms with Gasteiger partial charge in [0.15, 0.2) is 23.9 Å². The number of allylic oxidation sites excluding steroid dienone is 1. The van der Waals surface area contributed by atoms with Gasteiger partial charge in [0.2, 0.25) is 5.91 Å². The number of ether oxygens (including phenoxy) is 6. The van der Waals surface area contributed by atoms with Gasteiger partial charge < -0.3 is 33.7 Å². The van der Waals surface area contributed by atoms with Crippen molar-refractivity contribution in [3.63, 3.8) is 0 Å². The fourth-order valence-electron chi connectivity index (χ4n) is 8.06. The minimum Gasteiger partial charge on any atom is -0.497 e. The van der Waals surface area contributed by atoms with Crippen LogP contribution in [0.2, 0.25) is 5.02 Å². The van der Waals surface area contributed by atoms with Gasteiger partial charge in [-0.3, -0.25) is 14.5 Å². The van der Waals surface area contributed by atoms with E-state index in [-0.39, 0.29) is 37.6 Å². The van der Waals surface area contributed by atoms with Crippen LogP contribution >= 0.6 is 11.6 Å². The topological polar surface area (TPSA) is 122 Å². The number of ketones is 1. The zero-order valence-corrected chi connectivity index (χ0v) is 39.7. The van der Waals surface area contributed by atoms with E-state index in [0.29, 0.717) is 72.0 Å². The average Bonchev–Trinajstić information content (AvgIpc) is 3.37. The molecular weight excluding hydrogens is 880 g/mol. The van der Waals surface area contributed by atoms with Gasteiger partial charge in [-0.05, 0) is 121 Å². The lowest BCUT2D eigenvalue weighted by molar-refractivity contribution is -0.145. The summed E-state index contributed by atoms with van der Waals surface area (Å²) in [5.74, 6) is 1.97. The maximum Gasteiger partial charge on any atom is 0.344 e. The van der Waals surface area contributed by atoms with Gasteiger partial charge in [-0.15, -0.1) is 0 Å². The van der Waals surface area contributed by atoms with Crippen molar-refractivity contribution in [1.29, 1.82) is 0 Å². The molecule has 1 aliphatic rings. The molecule has 1 saturated heterocycles. The third-order valence-corrected chi connectivity index (χ3v) is 12.1. The zero-order valence-electron chi connectivity index (χ0n) is 38.9. The Hall–Kier alpha value is -7.08. The summed E-state index contributed by atoms with van der Waals surface area (Å²) in [4.78, 5) is 41.1. The van der Waals surface area contributed by atoms with E-state index < -0.39 is 5.97 Å². The number of amides is 1. The van der Waals surface area contributed by atoms with Crippen molar-refractivity contribution in [2.45, 2.75) is 65.5 Å². The molecule has 6 aromatic carbocycles. The lowest BCUT2D eigenvalue weighted by Crippen LogP contribution is -2.48. The van der Waals surface area contributed by atoms with E-state index in [9.17, 15) is 14.4 Å². The Bertz CT molecular complexity index is 2690. The highest BCUT2D eigenvalue weighted by Gasteiger charge is 2.30. The molecule has 0 spiro atoms. The summed E-state index contributed by atoms with van der Waals surface area (Å²) in [7, 11) is 3.16. The van der Waals surface area contributed by atoms with Crippen LogP contribution in [0.25, 0.3) is 17.2 Å². The molecule has 0 radical (unpaired) electrons. The number of halogens is 1. The largest absolute Gasteiger partial charge is 0.497 e. The van der Waals surface area contributed by atoms with Crippen LogP contribution in [0.4, 0.5) is 0 Å². The van der Waals surface area contributed by atoms with Crippen molar-refractivity contribution in [2.24, 2.45) is 0 Å². The Kier molecular flexibility index (Phi) is 17.3. The first-order valence-electron chi connectivity index (χ1n) is 22.8. The first-order chi connectivity index (χ1) is 33.1. The number of hydrogen-bond donors (Lipinski definition) is 1. The number of nitrogens with zero attached hydrogens (tertiary/aromatic N) is 1. The number of nitrogens with one attached hydrogen (secondary N) is 1. The monoisotopic (exact) mass is 936 g/mol. The lowest BCUT2D eigenvalue weighted by atomic mass is 9.97. The summed E-state index contributed by atoms with van der Waals surface area (Å²) in [5, 5.41) is 3.55. The van der Waals surface area contributed by atoms with Crippen molar-refractivity contribution in [2.75, 3.05) is 34.0 Å². The van der Waals surface area contributed by atoms with Gasteiger partial charge in [-0.25, -0.2) is 4.79 Å².